The van der Waals surface area contributed by atoms with Crippen molar-refractivity contribution in [1.29, 1.82) is 0 Å². The zero-order chi connectivity index (χ0) is 13.3. The second-order valence-electron chi connectivity index (χ2n) is 3.97. The normalized spacial score (nSPS) is 12.2. The van der Waals surface area contributed by atoms with Crippen molar-refractivity contribution in [3.05, 3.63) is 24.0 Å². The Bertz CT molecular complexity index is 559. The van der Waals surface area contributed by atoms with Gasteiger partial charge in [0.2, 0.25) is 5.95 Å². The van der Waals surface area contributed by atoms with Crippen LogP contribution in [0.15, 0.2) is 18.2 Å². The van der Waals surface area contributed by atoms with E-state index < -0.39 is 18.4 Å². The van der Waals surface area contributed by atoms with E-state index in [2.05, 4.69) is 4.98 Å². The molecule has 0 radical (unpaired) electrons. The van der Waals surface area contributed by atoms with Crippen molar-refractivity contribution in [2.75, 3.05) is 5.73 Å². The van der Waals surface area contributed by atoms with Crippen molar-refractivity contribution in [2.24, 2.45) is 0 Å². The Labute approximate surface area is 100 Å². The molecule has 18 heavy (non-hydrogen) atoms. The molecule has 0 aliphatic carbocycles. The van der Waals surface area contributed by atoms with Gasteiger partial charge in [-0.3, -0.25) is 0 Å². The molecule has 0 spiro atoms. The van der Waals surface area contributed by atoms with Crippen LogP contribution in [0.25, 0.3) is 11.0 Å². The number of nitrogens with two attached hydrogens (primary N) is 1. The molecule has 0 fully saturated rings. The second kappa shape index (κ2) is 4.47. The van der Waals surface area contributed by atoms with Gasteiger partial charge < -0.3 is 10.3 Å². The molecule has 0 saturated heterocycles. The molecule has 0 amide bonds. The van der Waals surface area contributed by atoms with Gasteiger partial charge in [-0.05, 0) is 18.6 Å². The number of hydrogen-bond donors (Lipinski definition) is 1. The number of nitrogens with zero attached hydrogens (tertiary/aromatic N) is 2. The summed E-state index contributed by atoms with van der Waals surface area (Å²) >= 11 is 0. The number of anilines is 1. The number of nitrogen functional groups attached to an aromatic ring is 1. The van der Waals surface area contributed by atoms with Gasteiger partial charge in [-0.25, -0.2) is 9.37 Å². The smallest absolute Gasteiger partial charge is 0.369 e. The first-order chi connectivity index (χ1) is 8.37. The number of fused-ring (bicyclic) bond motifs is 1. The molecule has 0 saturated carbocycles. The molecule has 0 bridgehead atoms. The van der Waals surface area contributed by atoms with E-state index in [-0.39, 0.29) is 18.9 Å². The van der Waals surface area contributed by atoms with Crippen LogP contribution >= 0.6 is 0 Å². The van der Waals surface area contributed by atoms with Gasteiger partial charge in [0.1, 0.15) is 5.82 Å². The summed E-state index contributed by atoms with van der Waals surface area (Å²) in [5.74, 6) is -0.361. The van der Waals surface area contributed by atoms with Crippen molar-refractivity contribution >= 4 is 17.0 Å². The number of imidazole rings is 1. The van der Waals surface area contributed by atoms with Gasteiger partial charge in [-0.15, -0.1) is 0 Å². The lowest BCUT2D eigenvalue weighted by molar-refractivity contribution is -0.135. The van der Waals surface area contributed by atoms with Crippen LogP contribution in [-0.4, -0.2) is 15.7 Å². The maximum atomic E-state index is 12.9. The molecule has 2 N–H and O–H groups in total. The minimum atomic E-state index is -4.18. The van der Waals surface area contributed by atoms with Gasteiger partial charge in [-0.1, -0.05) is 0 Å². The summed E-state index contributed by atoms with van der Waals surface area (Å²) in [5.41, 5.74) is 6.49. The van der Waals surface area contributed by atoms with Gasteiger partial charge in [0, 0.05) is 19.0 Å². The molecular formula is C11H11F4N3. The van der Waals surface area contributed by atoms with Crippen molar-refractivity contribution in [3.8, 4) is 0 Å². The average molecular weight is 261 g/mol. The Morgan fingerprint density at radius 1 is 1.28 bits per heavy atom. The molecule has 0 aliphatic heterocycles. The predicted molar refractivity (Wildman–Crippen MR) is 59.4 cm³/mol. The molecule has 0 unspecified atom stereocenters. The number of aromatic nitrogens is 2. The number of rotatable bonds is 3. The van der Waals surface area contributed by atoms with Crippen LogP contribution in [0, 0.1) is 5.82 Å². The van der Waals surface area contributed by atoms with Crippen LogP contribution in [0.4, 0.5) is 23.5 Å². The fraction of sp³-hybridized carbons (Fsp3) is 0.364. The lowest BCUT2D eigenvalue weighted by Gasteiger charge is -2.08. The van der Waals surface area contributed by atoms with Crippen LogP contribution in [0.3, 0.4) is 0 Å². The number of halogens is 4. The first-order valence-corrected chi connectivity index (χ1v) is 5.35. The summed E-state index contributed by atoms with van der Waals surface area (Å²) in [5, 5.41) is 0. The fourth-order valence-corrected chi connectivity index (χ4v) is 1.79. The minimum absolute atomic E-state index is 0.0868. The Morgan fingerprint density at radius 2 is 2.00 bits per heavy atom. The molecule has 1 aromatic heterocycles. The summed E-state index contributed by atoms with van der Waals surface area (Å²) in [6.07, 6.45) is -5.15. The van der Waals surface area contributed by atoms with Gasteiger partial charge >= 0.3 is 6.18 Å². The van der Waals surface area contributed by atoms with Gasteiger partial charge in [-0.2, -0.15) is 13.2 Å². The maximum absolute atomic E-state index is 12.9. The lowest BCUT2D eigenvalue weighted by Crippen LogP contribution is -2.10. The zero-order valence-electron chi connectivity index (χ0n) is 9.34. The molecule has 3 nitrogen and oxygen atoms in total. The third-order valence-electron chi connectivity index (χ3n) is 2.58. The SMILES string of the molecule is Nc1nc2cc(F)ccc2n1CCCC(F)(F)F. The highest BCUT2D eigenvalue weighted by molar-refractivity contribution is 5.78. The van der Waals surface area contributed by atoms with E-state index in [1.54, 1.807) is 0 Å². The van der Waals surface area contributed by atoms with E-state index in [4.69, 9.17) is 5.73 Å². The van der Waals surface area contributed by atoms with Crippen molar-refractivity contribution in [3.63, 3.8) is 0 Å². The van der Waals surface area contributed by atoms with Crippen LogP contribution in [0.1, 0.15) is 12.8 Å². The van der Waals surface area contributed by atoms with E-state index >= 15 is 0 Å². The summed E-state index contributed by atoms with van der Waals surface area (Å²) in [7, 11) is 0. The first-order valence-electron chi connectivity index (χ1n) is 5.35. The minimum Gasteiger partial charge on any atom is -0.369 e. The first kappa shape index (κ1) is 12.7. The molecule has 1 heterocycles. The topological polar surface area (TPSA) is 43.8 Å². The second-order valence-corrected chi connectivity index (χ2v) is 3.97. The third kappa shape index (κ3) is 2.72. The van der Waals surface area contributed by atoms with Crippen molar-refractivity contribution in [2.45, 2.75) is 25.6 Å². The van der Waals surface area contributed by atoms with E-state index in [1.807, 2.05) is 0 Å². The standard InChI is InChI=1S/C11H11F4N3/c12-7-2-3-9-8(6-7)17-10(16)18(9)5-1-4-11(13,14)15/h2-3,6H,1,4-5H2,(H2,16,17). The van der Waals surface area contributed by atoms with Crippen molar-refractivity contribution < 1.29 is 17.6 Å². The largest absolute Gasteiger partial charge is 0.389 e. The number of aryl methyl sites for hydroxylation is 1. The highest BCUT2D eigenvalue weighted by atomic mass is 19.4. The number of benzene rings is 1. The molecule has 98 valence electrons. The quantitative estimate of drug-likeness (QED) is 0.863. The van der Waals surface area contributed by atoms with Crippen LogP contribution < -0.4 is 5.73 Å². The predicted octanol–water partition coefficient (Wildman–Crippen LogP) is 3.10. The summed E-state index contributed by atoms with van der Waals surface area (Å²) in [6.45, 7) is 0.105. The van der Waals surface area contributed by atoms with E-state index in [0.717, 1.165) is 0 Å². The van der Waals surface area contributed by atoms with E-state index in [1.165, 1.54) is 22.8 Å². The monoisotopic (exact) mass is 261 g/mol. The molecule has 2 aromatic rings. The van der Waals surface area contributed by atoms with E-state index in [9.17, 15) is 17.6 Å². The fourth-order valence-electron chi connectivity index (χ4n) is 1.79. The zero-order valence-corrected chi connectivity index (χ0v) is 9.34. The van der Waals surface area contributed by atoms with Crippen LogP contribution in [-0.2, 0) is 6.54 Å². The molecule has 2 rings (SSSR count). The summed E-state index contributed by atoms with van der Waals surface area (Å²) in [6, 6.07) is 3.89. The Balaban J connectivity index is 2.20. The van der Waals surface area contributed by atoms with E-state index in [0.29, 0.717) is 11.0 Å². The van der Waals surface area contributed by atoms with Crippen LogP contribution in [0.5, 0.6) is 0 Å². The number of hydrogen-bond acceptors (Lipinski definition) is 2. The molecule has 0 atom stereocenters. The molecule has 7 heteroatoms. The van der Waals surface area contributed by atoms with Gasteiger partial charge in [0.15, 0.2) is 0 Å². The average Bonchev–Trinajstić information content (AvgIpc) is 2.52. The van der Waals surface area contributed by atoms with Crippen LogP contribution in [0.2, 0.25) is 0 Å². The summed E-state index contributed by atoms with van der Waals surface area (Å²) < 4.78 is 50.5. The molecule has 1 aromatic carbocycles. The molecular weight excluding hydrogens is 250 g/mol. The maximum Gasteiger partial charge on any atom is 0.389 e. The number of alkyl halides is 3. The Kier molecular flexibility index (Phi) is 3.14. The Hall–Kier alpha value is -1.79. The van der Waals surface area contributed by atoms with Gasteiger partial charge in [0.25, 0.3) is 0 Å². The Morgan fingerprint density at radius 3 is 2.67 bits per heavy atom. The highest BCUT2D eigenvalue weighted by Gasteiger charge is 2.26. The van der Waals surface area contributed by atoms with Crippen molar-refractivity contribution in [1.82, 2.24) is 9.55 Å². The third-order valence-corrected chi connectivity index (χ3v) is 2.58. The molecule has 0 aliphatic rings. The highest BCUT2D eigenvalue weighted by Crippen LogP contribution is 2.24. The lowest BCUT2D eigenvalue weighted by atomic mass is 10.2. The van der Waals surface area contributed by atoms with Gasteiger partial charge in [0.05, 0.1) is 11.0 Å². The summed E-state index contributed by atoms with van der Waals surface area (Å²) in [4.78, 5) is 3.91.